The summed E-state index contributed by atoms with van der Waals surface area (Å²) < 4.78 is 6.46. The van der Waals surface area contributed by atoms with Crippen LogP contribution >= 0.6 is 0 Å². The summed E-state index contributed by atoms with van der Waals surface area (Å²) in [5, 5.41) is 31.6. The van der Waals surface area contributed by atoms with E-state index in [1.165, 1.54) is 17.2 Å². The summed E-state index contributed by atoms with van der Waals surface area (Å²) in [6.45, 7) is 10.3. The topological polar surface area (TPSA) is 90.2 Å². The molecule has 0 aromatic heterocycles. The normalized spacial score (nSPS) is 21.2. The van der Waals surface area contributed by atoms with Crippen LogP contribution in [-0.2, 0) is 13.0 Å². The van der Waals surface area contributed by atoms with Gasteiger partial charge >= 0.3 is 0 Å². The maximum absolute atomic E-state index is 13.3. The van der Waals surface area contributed by atoms with Crippen LogP contribution in [0.15, 0.2) is 47.6 Å². The van der Waals surface area contributed by atoms with E-state index in [1.54, 1.807) is 30.0 Å². The lowest BCUT2D eigenvalue weighted by molar-refractivity contribution is -0.0597. The molecular weight excluding hydrogens is 454 g/mol. The molecule has 3 N–H and O–H groups in total. The number of nitrogens with zero attached hydrogens (tertiary/aromatic N) is 1. The Hall–Kier alpha value is -3.25. The van der Waals surface area contributed by atoms with Gasteiger partial charge in [-0.3, -0.25) is 4.79 Å². The predicted molar refractivity (Wildman–Crippen MR) is 142 cm³/mol. The zero-order chi connectivity index (χ0) is 26.2. The highest BCUT2D eigenvalue weighted by Crippen LogP contribution is 2.47. The Bertz CT molecular complexity index is 1240. The molecule has 0 radical (unpaired) electrons. The second-order valence-electron chi connectivity index (χ2n) is 10.6. The van der Waals surface area contributed by atoms with E-state index in [0.717, 1.165) is 24.8 Å². The fourth-order valence-corrected chi connectivity index (χ4v) is 5.02. The average molecular weight is 492 g/mol. The molecule has 2 aliphatic rings. The third-order valence-electron chi connectivity index (χ3n) is 7.41. The van der Waals surface area contributed by atoms with Gasteiger partial charge in [0, 0.05) is 23.2 Å². The Labute approximate surface area is 213 Å². The first-order valence-electron chi connectivity index (χ1n) is 12.7. The van der Waals surface area contributed by atoms with Crippen LogP contribution < -0.4 is 9.64 Å². The number of aliphatic hydroxyl groups excluding tert-OH is 1. The zero-order valence-electron chi connectivity index (χ0n) is 21.9. The van der Waals surface area contributed by atoms with Gasteiger partial charge in [0.05, 0.1) is 18.2 Å². The lowest BCUT2D eigenvalue weighted by Gasteiger charge is -2.40. The van der Waals surface area contributed by atoms with Gasteiger partial charge in [0.2, 0.25) is 0 Å². The van der Waals surface area contributed by atoms with Gasteiger partial charge in [0.15, 0.2) is 0 Å². The van der Waals surface area contributed by atoms with Crippen LogP contribution in [0, 0.1) is 6.92 Å². The number of rotatable bonds is 7. The van der Waals surface area contributed by atoms with Crippen molar-refractivity contribution in [3.63, 3.8) is 0 Å². The highest BCUT2D eigenvalue weighted by atomic mass is 16.5. The molecule has 2 aromatic carbocycles. The van der Waals surface area contributed by atoms with E-state index in [9.17, 15) is 20.1 Å². The molecule has 36 heavy (non-hydrogen) atoms. The molecule has 4 rings (SSSR count). The summed E-state index contributed by atoms with van der Waals surface area (Å²) in [4.78, 5) is 14.9. The molecule has 0 spiro atoms. The van der Waals surface area contributed by atoms with Gasteiger partial charge in [-0.05, 0) is 90.1 Å². The number of aromatic hydroxyl groups is 2. The van der Waals surface area contributed by atoms with Crippen molar-refractivity contribution < 1.29 is 24.9 Å². The number of allylic oxidation sites excluding steroid dienone is 4. The fourth-order valence-electron chi connectivity index (χ4n) is 5.02. The number of aliphatic hydroxyl groups is 1. The number of phenols is 2. The molecule has 2 heterocycles. The maximum Gasteiger partial charge on any atom is 0.259 e. The molecule has 2 aromatic rings. The van der Waals surface area contributed by atoms with Gasteiger partial charge in [-0.1, -0.05) is 23.3 Å². The standard InChI is InChI=1S/C30H37NO5/c1-18(2)8-6-9-19(3)10-7-13-30(5)27(34)16-23-26(33)15-22-24(28(23)36-30)17-31(29(22)35)21-11-12-25(32)20(4)14-21/h8,10-12,14-15,27,32-34H,6-7,9,13,16-17H2,1-5H3. The maximum atomic E-state index is 13.3. The molecule has 0 aliphatic carbocycles. The molecule has 0 bridgehead atoms. The largest absolute Gasteiger partial charge is 0.508 e. The van der Waals surface area contributed by atoms with E-state index in [1.807, 2.05) is 6.92 Å². The molecule has 1 amide bonds. The molecule has 6 nitrogen and oxygen atoms in total. The quantitative estimate of drug-likeness (QED) is 0.408. The van der Waals surface area contributed by atoms with Crippen LogP contribution in [0.2, 0.25) is 0 Å². The van der Waals surface area contributed by atoms with E-state index in [2.05, 4.69) is 32.9 Å². The molecule has 6 heteroatoms. The van der Waals surface area contributed by atoms with Crippen LogP contribution in [0.4, 0.5) is 5.69 Å². The van der Waals surface area contributed by atoms with Gasteiger partial charge in [-0.2, -0.15) is 0 Å². The SMILES string of the molecule is CC(C)=CCCC(C)=CCCC1(C)Oc2c(c(O)cc3c2CN(c2ccc(O)c(C)c2)C3=O)CC1O. The van der Waals surface area contributed by atoms with Crippen molar-refractivity contribution in [2.24, 2.45) is 0 Å². The van der Waals surface area contributed by atoms with Crippen molar-refractivity contribution in [1.82, 2.24) is 0 Å². The van der Waals surface area contributed by atoms with E-state index in [0.29, 0.717) is 41.1 Å². The van der Waals surface area contributed by atoms with E-state index < -0.39 is 11.7 Å². The highest BCUT2D eigenvalue weighted by Gasteiger charge is 2.44. The van der Waals surface area contributed by atoms with Gasteiger partial charge < -0.3 is 25.0 Å². The number of carbonyl (C=O) groups excluding carboxylic acids is 1. The molecule has 2 atom stereocenters. The summed E-state index contributed by atoms with van der Waals surface area (Å²) >= 11 is 0. The Kier molecular flexibility index (Phi) is 7.19. The minimum atomic E-state index is -0.836. The van der Waals surface area contributed by atoms with Crippen molar-refractivity contribution >= 4 is 11.6 Å². The first kappa shape index (κ1) is 25.8. The monoisotopic (exact) mass is 491 g/mol. The van der Waals surface area contributed by atoms with Crippen LogP contribution in [0.3, 0.4) is 0 Å². The Morgan fingerprint density at radius 3 is 2.56 bits per heavy atom. The molecule has 0 saturated carbocycles. The number of anilines is 1. The molecule has 0 fully saturated rings. The van der Waals surface area contributed by atoms with Crippen molar-refractivity contribution in [3.05, 3.63) is 69.8 Å². The first-order chi connectivity index (χ1) is 17.0. The van der Waals surface area contributed by atoms with Crippen molar-refractivity contribution in [1.29, 1.82) is 0 Å². The van der Waals surface area contributed by atoms with E-state index in [4.69, 9.17) is 4.74 Å². The van der Waals surface area contributed by atoms with Crippen LogP contribution in [0.25, 0.3) is 0 Å². The predicted octanol–water partition coefficient (Wildman–Crippen LogP) is 6.09. The van der Waals surface area contributed by atoms with Crippen LogP contribution in [-0.4, -0.2) is 32.9 Å². The first-order valence-corrected chi connectivity index (χ1v) is 12.7. The van der Waals surface area contributed by atoms with Crippen molar-refractivity contribution in [2.45, 2.75) is 85.0 Å². The van der Waals surface area contributed by atoms with Gasteiger partial charge in [0.25, 0.3) is 5.91 Å². The number of carbonyl (C=O) groups is 1. The lowest BCUT2D eigenvalue weighted by Crippen LogP contribution is -2.49. The number of ether oxygens (including phenoxy) is 1. The lowest BCUT2D eigenvalue weighted by atomic mass is 9.84. The summed E-state index contributed by atoms with van der Waals surface area (Å²) in [7, 11) is 0. The second-order valence-corrected chi connectivity index (χ2v) is 10.6. The molecule has 192 valence electrons. The van der Waals surface area contributed by atoms with E-state index in [-0.39, 0.29) is 23.8 Å². The van der Waals surface area contributed by atoms with Crippen LogP contribution in [0.5, 0.6) is 17.2 Å². The second kappa shape index (κ2) is 10.0. The highest BCUT2D eigenvalue weighted by molar-refractivity contribution is 6.11. The Morgan fingerprint density at radius 1 is 1.11 bits per heavy atom. The minimum absolute atomic E-state index is 0.0306. The fraction of sp³-hybridized carbons (Fsp3) is 0.433. The molecular formula is C30H37NO5. The number of phenolic OH excluding ortho intramolecular Hbond substituents is 2. The number of fused-ring (bicyclic) bond motifs is 3. The summed E-state index contributed by atoms with van der Waals surface area (Å²) in [6, 6.07) is 6.54. The Balaban J connectivity index is 1.57. The molecule has 0 saturated heterocycles. The number of benzene rings is 2. The number of hydrogen-bond acceptors (Lipinski definition) is 5. The summed E-state index contributed by atoms with van der Waals surface area (Å²) in [5.41, 5.74) is 4.83. The average Bonchev–Trinajstić information content (AvgIpc) is 3.13. The van der Waals surface area contributed by atoms with Crippen molar-refractivity contribution in [2.75, 3.05) is 4.90 Å². The molecule has 2 unspecified atom stereocenters. The number of amides is 1. The van der Waals surface area contributed by atoms with Gasteiger partial charge in [0.1, 0.15) is 22.8 Å². The van der Waals surface area contributed by atoms with Gasteiger partial charge in [-0.25, -0.2) is 0 Å². The van der Waals surface area contributed by atoms with E-state index >= 15 is 0 Å². The zero-order valence-corrected chi connectivity index (χ0v) is 21.9. The summed E-state index contributed by atoms with van der Waals surface area (Å²) in [5.74, 6) is 0.428. The minimum Gasteiger partial charge on any atom is -0.508 e. The van der Waals surface area contributed by atoms with Crippen LogP contribution in [0.1, 0.15) is 80.4 Å². The third-order valence-corrected chi connectivity index (χ3v) is 7.41. The number of aryl methyl sites for hydroxylation is 1. The Morgan fingerprint density at radius 2 is 1.86 bits per heavy atom. The molecule has 2 aliphatic heterocycles. The summed E-state index contributed by atoms with van der Waals surface area (Å²) in [6.07, 6.45) is 7.34. The van der Waals surface area contributed by atoms with Crippen molar-refractivity contribution in [3.8, 4) is 17.2 Å². The third kappa shape index (κ3) is 5.00. The van der Waals surface area contributed by atoms with Gasteiger partial charge in [-0.15, -0.1) is 0 Å². The number of hydrogen-bond donors (Lipinski definition) is 3. The smallest absolute Gasteiger partial charge is 0.259 e.